The van der Waals surface area contributed by atoms with E-state index in [9.17, 15) is 9.90 Å². The van der Waals surface area contributed by atoms with Crippen molar-refractivity contribution in [1.82, 2.24) is 4.90 Å². The van der Waals surface area contributed by atoms with Gasteiger partial charge in [-0.15, -0.1) is 0 Å². The summed E-state index contributed by atoms with van der Waals surface area (Å²) in [6, 6.07) is 0. The summed E-state index contributed by atoms with van der Waals surface area (Å²) in [6.07, 6.45) is 2.09. The van der Waals surface area contributed by atoms with Gasteiger partial charge >= 0.3 is 6.09 Å². The second-order valence-corrected chi connectivity index (χ2v) is 7.47. The SMILES string of the molecule is C=C(C[C@@H]1CN(C(=O)O)C(C)(C)C1)CC(C)(C)C. The third-order valence-electron chi connectivity index (χ3n) is 3.55. The molecule has 1 atom stereocenters. The molecule has 1 saturated heterocycles. The van der Waals surface area contributed by atoms with Gasteiger partial charge in [-0.1, -0.05) is 32.9 Å². The Morgan fingerprint density at radius 3 is 2.39 bits per heavy atom. The van der Waals surface area contributed by atoms with Gasteiger partial charge in [-0.2, -0.15) is 0 Å². The minimum Gasteiger partial charge on any atom is -0.465 e. The lowest BCUT2D eigenvalue weighted by atomic mass is 9.84. The van der Waals surface area contributed by atoms with E-state index in [0.717, 1.165) is 19.3 Å². The minimum atomic E-state index is -0.802. The fourth-order valence-electron chi connectivity index (χ4n) is 3.09. The van der Waals surface area contributed by atoms with Gasteiger partial charge in [0.05, 0.1) is 0 Å². The summed E-state index contributed by atoms with van der Waals surface area (Å²) in [5.74, 6) is 0.422. The molecule has 0 spiro atoms. The van der Waals surface area contributed by atoms with Gasteiger partial charge in [-0.3, -0.25) is 0 Å². The number of nitrogens with zero attached hydrogens (tertiary/aromatic N) is 1. The Morgan fingerprint density at radius 1 is 1.44 bits per heavy atom. The van der Waals surface area contributed by atoms with E-state index in [1.165, 1.54) is 5.57 Å². The van der Waals surface area contributed by atoms with E-state index in [4.69, 9.17) is 0 Å². The highest BCUT2D eigenvalue weighted by atomic mass is 16.4. The monoisotopic (exact) mass is 253 g/mol. The number of hydrogen-bond acceptors (Lipinski definition) is 1. The van der Waals surface area contributed by atoms with Crippen LogP contribution in [0, 0.1) is 11.3 Å². The number of carbonyl (C=O) groups is 1. The maximum Gasteiger partial charge on any atom is 0.407 e. The van der Waals surface area contributed by atoms with Crippen LogP contribution in [0.1, 0.15) is 53.9 Å². The van der Waals surface area contributed by atoms with Crippen LogP contribution in [0.5, 0.6) is 0 Å². The second kappa shape index (κ2) is 4.94. The van der Waals surface area contributed by atoms with Crippen molar-refractivity contribution in [3.8, 4) is 0 Å². The van der Waals surface area contributed by atoms with Gasteiger partial charge < -0.3 is 10.0 Å². The molecule has 18 heavy (non-hydrogen) atoms. The number of carboxylic acid groups (broad SMARTS) is 1. The summed E-state index contributed by atoms with van der Waals surface area (Å²) in [6.45, 7) is 15.4. The topological polar surface area (TPSA) is 40.5 Å². The summed E-state index contributed by atoms with van der Waals surface area (Å²) >= 11 is 0. The smallest absolute Gasteiger partial charge is 0.407 e. The van der Waals surface area contributed by atoms with Gasteiger partial charge in [0.25, 0.3) is 0 Å². The van der Waals surface area contributed by atoms with Gasteiger partial charge in [-0.05, 0) is 44.4 Å². The molecule has 0 radical (unpaired) electrons. The van der Waals surface area contributed by atoms with Crippen LogP contribution in [0.4, 0.5) is 4.79 Å². The second-order valence-electron chi connectivity index (χ2n) is 7.47. The Labute approximate surface area is 111 Å². The van der Waals surface area contributed by atoms with Crippen LogP contribution in [0.2, 0.25) is 0 Å². The van der Waals surface area contributed by atoms with Crippen LogP contribution < -0.4 is 0 Å². The zero-order valence-corrected chi connectivity index (χ0v) is 12.4. The summed E-state index contributed by atoms with van der Waals surface area (Å²) in [5, 5.41) is 9.19. The Morgan fingerprint density at radius 2 is 2.00 bits per heavy atom. The van der Waals surface area contributed by atoms with E-state index in [1.807, 2.05) is 13.8 Å². The van der Waals surface area contributed by atoms with Crippen molar-refractivity contribution in [2.45, 2.75) is 59.4 Å². The quantitative estimate of drug-likeness (QED) is 0.768. The van der Waals surface area contributed by atoms with E-state index in [0.29, 0.717) is 12.5 Å². The molecule has 1 fully saturated rings. The molecular formula is C15H27NO2. The molecule has 1 amide bonds. The highest BCUT2D eigenvalue weighted by molar-refractivity contribution is 5.66. The Bertz CT molecular complexity index is 339. The minimum absolute atomic E-state index is 0.238. The maximum absolute atomic E-state index is 11.2. The van der Waals surface area contributed by atoms with E-state index in [-0.39, 0.29) is 11.0 Å². The first-order valence-electron chi connectivity index (χ1n) is 6.68. The van der Waals surface area contributed by atoms with Gasteiger partial charge in [-0.25, -0.2) is 4.79 Å². The Hall–Kier alpha value is -0.990. The predicted molar refractivity (Wildman–Crippen MR) is 74.7 cm³/mol. The summed E-state index contributed by atoms with van der Waals surface area (Å²) in [4.78, 5) is 12.8. The molecule has 0 aromatic heterocycles. The van der Waals surface area contributed by atoms with Crippen LogP contribution in [0.15, 0.2) is 12.2 Å². The van der Waals surface area contributed by atoms with Crippen LogP contribution in [0.25, 0.3) is 0 Å². The number of rotatable bonds is 3. The fraction of sp³-hybridized carbons (Fsp3) is 0.800. The standard InChI is InChI=1S/C15H27NO2/c1-11(8-14(2,3)4)7-12-9-15(5,6)16(10-12)13(17)18/h12H,1,7-10H2,2-6H3,(H,17,18)/t12-/m0/s1. The average Bonchev–Trinajstić information content (AvgIpc) is 2.36. The van der Waals surface area contributed by atoms with Crippen molar-refractivity contribution >= 4 is 6.09 Å². The van der Waals surface area contributed by atoms with E-state index in [2.05, 4.69) is 27.4 Å². The first-order chi connectivity index (χ1) is 8.01. The largest absolute Gasteiger partial charge is 0.465 e. The Kier molecular flexibility index (Phi) is 4.14. The van der Waals surface area contributed by atoms with E-state index in [1.54, 1.807) is 4.90 Å². The third kappa shape index (κ3) is 4.04. The lowest BCUT2D eigenvalue weighted by molar-refractivity contribution is 0.117. The summed E-state index contributed by atoms with van der Waals surface area (Å²) in [7, 11) is 0. The lowest BCUT2D eigenvalue weighted by Crippen LogP contribution is -2.41. The van der Waals surface area contributed by atoms with Crippen molar-refractivity contribution in [2.75, 3.05) is 6.54 Å². The molecule has 1 aliphatic heterocycles. The molecule has 0 bridgehead atoms. The zero-order valence-electron chi connectivity index (χ0n) is 12.4. The molecule has 3 nitrogen and oxygen atoms in total. The van der Waals surface area contributed by atoms with Crippen molar-refractivity contribution < 1.29 is 9.90 Å². The fourth-order valence-corrected chi connectivity index (χ4v) is 3.09. The molecule has 1 N–H and O–H groups in total. The van der Waals surface area contributed by atoms with Crippen LogP contribution in [-0.2, 0) is 0 Å². The van der Waals surface area contributed by atoms with Gasteiger partial charge in [0, 0.05) is 12.1 Å². The first-order valence-corrected chi connectivity index (χ1v) is 6.68. The van der Waals surface area contributed by atoms with E-state index >= 15 is 0 Å². The molecule has 0 unspecified atom stereocenters. The van der Waals surface area contributed by atoms with Crippen LogP contribution >= 0.6 is 0 Å². The van der Waals surface area contributed by atoms with Crippen LogP contribution in [0.3, 0.4) is 0 Å². The zero-order chi connectivity index (χ0) is 14.1. The maximum atomic E-state index is 11.2. The average molecular weight is 253 g/mol. The number of amides is 1. The molecule has 3 heteroatoms. The molecule has 0 saturated carbocycles. The molecule has 0 aromatic carbocycles. The summed E-state index contributed by atoms with van der Waals surface area (Å²) in [5.41, 5.74) is 1.27. The summed E-state index contributed by atoms with van der Waals surface area (Å²) < 4.78 is 0. The molecule has 0 aromatic rings. The lowest BCUT2D eigenvalue weighted by Gasteiger charge is -2.28. The van der Waals surface area contributed by atoms with Crippen molar-refractivity contribution in [3.63, 3.8) is 0 Å². The Balaban J connectivity index is 2.57. The van der Waals surface area contributed by atoms with Gasteiger partial charge in [0.1, 0.15) is 0 Å². The number of hydrogen-bond donors (Lipinski definition) is 1. The van der Waals surface area contributed by atoms with Crippen molar-refractivity contribution in [3.05, 3.63) is 12.2 Å². The highest BCUT2D eigenvalue weighted by Crippen LogP contribution is 2.37. The molecule has 0 aliphatic carbocycles. The van der Waals surface area contributed by atoms with Crippen LogP contribution in [-0.4, -0.2) is 28.2 Å². The first kappa shape index (κ1) is 15.1. The predicted octanol–water partition coefficient (Wildman–Crippen LogP) is 4.15. The molecule has 1 heterocycles. The highest BCUT2D eigenvalue weighted by Gasteiger charge is 2.41. The van der Waals surface area contributed by atoms with E-state index < -0.39 is 6.09 Å². The normalized spacial score (nSPS) is 23.2. The third-order valence-corrected chi connectivity index (χ3v) is 3.55. The van der Waals surface area contributed by atoms with Crippen molar-refractivity contribution in [2.24, 2.45) is 11.3 Å². The number of allylic oxidation sites excluding steroid dienone is 1. The molecule has 1 aliphatic rings. The van der Waals surface area contributed by atoms with Gasteiger partial charge in [0.15, 0.2) is 0 Å². The van der Waals surface area contributed by atoms with Gasteiger partial charge in [0.2, 0.25) is 0 Å². The number of likely N-dealkylation sites (tertiary alicyclic amines) is 1. The molecule has 104 valence electrons. The molecular weight excluding hydrogens is 226 g/mol. The van der Waals surface area contributed by atoms with Crippen molar-refractivity contribution in [1.29, 1.82) is 0 Å². The molecule has 1 rings (SSSR count).